The van der Waals surface area contributed by atoms with Crippen LogP contribution in [0.15, 0.2) is 33.8 Å². The lowest BCUT2D eigenvalue weighted by molar-refractivity contribution is 0.0588. The first-order chi connectivity index (χ1) is 10.6. The molecule has 0 N–H and O–H groups in total. The summed E-state index contributed by atoms with van der Waals surface area (Å²) in [7, 11) is 1.54. The number of carbonyl (C=O) groups excluding carboxylic acids is 1. The summed E-state index contributed by atoms with van der Waals surface area (Å²) in [6.45, 7) is 1.27. The molecule has 1 saturated heterocycles. The lowest BCUT2D eigenvalue weighted by Gasteiger charge is -2.31. The van der Waals surface area contributed by atoms with Crippen LogP contribution in [0.1, 0.15) is 23.3 Å². The van der Waals surface area contributed by atoms with E-state index in [9.17, 15) is 9.59 Å². The van der Waals surface area contributed by atoms with Gasteiger partial charge in [0.25, 0.3) is 11.5 Å². The molecule has 1 aliphatic heterocycles. The fourth-order valence-electron chi connectivity index (χ4n) is 2.47. The second-order valence-corrected chi connectivity index (χ2v) is 6.03. The Morgan fingerprint density at radius 1 is 1.32 bits per heavy atom. The van der Waals surface area contributed by atoms with Crippen LogP contribution >= 0.6 is 11.3 Å². The van der Waals surface area contributed by atoms with E-state index in [0.717, 1.165) is 18.6 Å². The monoisotopic (exact) mass is 319 g/mol. The van der Waals surface area contributed by atoms with Crippen LogP contribution in [-0.2, 0) is 7.05 Å². The summed E-state index contributed by atoms with van der Waals surface area (Å²) in [4.78, 5) is 25.5. The highest BCUT2D eigenvalue weighted by Crippen LogP contribution is 2.21. The van der Waals surface area contributed by atoms with Crippen molar-refractivity contribution in [1.29, 1.82) is 0 Å². The van der Waals surface area contributed by atoms with Crippen molar-refractivity contribution in [2.45, 2.75) is 18.9 Å². The Bertz CT molecular complexity index is 703. The summed E-state index contributed by atoms with van der Waals surface area (Å²) in [6, 6.07) is 4.81. The molecule has 2 aromatic rings. The number of nitrogens with zero attached hydrogens (tertiary/aromatic N) is 3. The van der Waals surface area contributed by atoms with Gasteiger partial charge in [-0.1, -0.05) is 0 Å². The largest absolute Gasteiger partial charge is 0.489 e. The molecule has 0 atom stereocenters. The second-order valence-electron chi connectivity index (χ2n) is 5.25. The van der Waals surface area contributed by atoms with E-state index in [-0.39, 0.29) is 17.6 Å². The van der Waals surface area contributed by atoms with Gasteiger partial charge in [0.1, 0.15) is 17.5 Å². The Balaban J connectivity index is 1.59. The van der Waals surface area contributed by atoms with Gasteiger partial charge in [0, 0.05) is 44.4 Å². The fraction of sp³-hybridized carbons (Fsp3) is 0.400. The van der Waals surface area contributed by atoms with E-state index in [0.29, 0.717) is 18.8 Å². The van der Waals surface area contributed by atoms with Crippen LogP contribution in [0, 0.1) is 0 Å². The first kappa shape index (κ1) is 14.8. The van der Waals surface area contributed by atoms with Gasteiger partial charge < -0.3 is 9.64 Å². The van der Waals surface area contributed by atoms with Crippen LogP contribution < -0.4 is 10.3 Å². The summed E-state index contributed by atoms with van der Waals surface area (Å²) in [6.07, 6.45) is 1.74. The summed E-state index contributed by atoms with van der Waals surface area (Å²) < 4.78 is 7.06. The van der Waals surface area contributed by atoms with E-state index < -0.39 is 0 Å². The van der Waals surface area contributed by atoms with Crippen molar-refractivity contribution in [3.8, 4) is 5.75 Å². The van der Waals surface area contributed by atoms with Crippen molar-refractivity contribution in [3.63, 3.8) is 0 Å². The fourth-order valence-corrected chi connectivity index (χ4v) is 3.03. The molecule has 22 heavy (non-hydrogen) atoms. The Morgan fingerprint density at radius 3 is 2.73 bits per heavy atom. The average molecular weight is 319 g/mol. The van der Waals surface area contributed by atoms with Gasteiger partial charge in [-0.2, -0.15) is 5.10 Å². The number of hydrogen-bond acceptors (Lipinski definition) is 5. The molecule has 3 heterocycles. The van der Waals surface area contributed by atoms with Crippen molar-refractivity contribution in [3.05, 3.63) is 45.0 Å². The molecule has 1 amide bonds. The molecule has 2 aromatic heterocycles. The van der Waals surface area contributed by atoms with Gasteiger partial charge in [-0.05, 0) is 17.5 Å². The summed E-state index contributed by atoms with van der Waals surface area (Å²) >= 11 is 1.61. The molecule has 0 bridgehead atoms. The molecule has 116 valence electrons. The molecule has 0 aromatic carbocycles. The highest BCUT2D eigenvalue weighted by molar-refractivity contribution is 7.08. The maximum Gasteiger partial charge on any atom is 0.274 e. The zero-order valence-electron chi connectivity index (χ0n) is 12.3. The lowest BCUT2D eigenvalue weighted by atomic mass is 10.1. The summed E-state index contributed by atoms with van der Waals surface area (Å²) in [5.74, 6) is 0.763. The number of carbonyl (C=O) groups is 1. The Morgan fingerprint density at radius 2 is 2.09 bits per heavy atom. The molecule has 0 radical (unpaired) electrons. The quantitative estimate of drug-likeness (QED) is 0.860. The van der Waals surface area contributed by atoms with Crippen LogP contribution in [0.5, 0.6) is 5.75 Å². The number of rotatable bonds is 3. The highest BCUT2D eigenvalue weighted by atomic mass is 32.1. The molecular weight excluding hydrogens is 302 g/mol. The Kier molecular flexibility index (Phi) is 4.24. The smallest absolute Gasteiger partial charge is 0.274 e. The number of hydrogen-bond donors (Lipinski definition) is 0. The van der Waals surface area contributed by atoms with Gasteiger partial charge in [-0.3, -0.25) is 9.59 Å². The van der Waals surface area contributed by atoms with E-state index >= 15 is 0 Å². The van der Waals surface area contributed by atoms with E-state index in [4.69, 9.17) is 4.74 Å². The summed E-state index contributed by atoms with van der Waals surface area (Å²) in [5.41, 5.74) is 0.0822. The normalized spacial score (nSPS) is 15.8. The van der Waals surface area contributed by atoms with Crippen LogP contribution in [-0.4, -0.2) is 39.8 Å². The third-order valence-corrected chi connectivity index (χ3v) is 4.37. The maximum absolute atomic E-state index is 12.4. The Labute approximate surface area is 131 Å². The van der Waals surface area contributed by atoms with Crippen LogP contribution in [0.25, 0.3) is 0 Å². The predicted molar refractivity (Wildman–Crippen MR) is 83.4 cm³/mol. The van der Waals surface area contributed by atoms with Gasteiger partial charge in [0.05, 0.1) is 0 Å². The third-order valence-electron chi connectivity index (χ3n) is 3.71. The Hall–Kier alpha value is -2.15. The first-order valence-electron chi connectivity index (χ1n) is 7.16. The molecule has 6 nitrogen and oxygen atoms in total. The molecule has 1 aliphatic rings. The molecular formula is C15H17N3O3S. The van der Waals surface area contributed by atoms with Gasteiger partial charge >= 0.3 is 0 Å². The van der Waals surface area contributed by atoms with Crippen LogP contribution in [0.3, 0.4) is 0 Å². The highest BCUT2D eigenvalue weighted by Gasteiger charge is 2.25. The van der Waals surface area contributed by atoms with Crippen molar-refractivity contribution in [2.75, 3.05) is 13.1 Å². The molecule has 0 saturated carbocycles. The van der Waals surface area contributed by atoms with E-state index in [1.165, 1.54) is 16.8 Å². The number of aryl methyl sites for hydroxylation is 1. The molecule has 1 fully saturated rings. The molecule has 7 heteroatoms. The van der Waals surface area contributed by atoms with Gasteiger partial charge in [0.2, 0.25) is 0 Å². The van der Waals surface area contributed by atoms with Crippen molar-refractivity contribution in [2.24, 2.45) is 7.05 Å². The standard InChI is InChI=1S/C15H17N3O3S/c1-17-14(19)3-2-13(16-17)15(20)18-7-4-11(5-8-18)21-12-6-9-22-10-12/h2-3,6,9-11H,4-5,7-8H2,1H3. The second kappa shape index (κ2) is 6.31. The lowest BCUT2D eigenvalue weighted by Crippen LogP contribution is -2.42. The van der Waals surface area contributed by atoms with Crippen LogP contribution in [0.2, 0.25) is 0 Å². The van der Waals surface area contributed by atoms with Crippen molar-refractivity contribution >= 4 is 17.2 Å². The number of piperidine rings is 1. The van der Waals surface area contributed by atoms with E-state index in [1.54, 1.807) is 23.3 Å². The zero-order valence-corrected chi connectivity index (χ0v) is 13.1. The van der Waals surface area contributed by atoms with Gasteiger partial charge in [-0.25, -0.2) is 4.68 Å². The minimum Gasteiger partial charge on any atom is -0.489 e. The molecule has 0 unspecified atom stereocenters. The number of thiophene rings is 1. The minimum atomic E-state index is -0.223. The van der Waals surface area contributed by atoms with Crippen molar-refractivity contribution in [1.82, 2.24) is 14.7 Å². The van der Waals surface area contributed by atoms with E-state index in [1.807, 2.05) is 16.8 Å². The van der Waals surface area contributed by atoms with Gasteiger partial charge in [-0.15, -0.1) is 11.3 Å². The van der Waals surface area contributed by atoms with Crippen LogP contribution in [0.4, 0.5) is 0 Å². The zero-order chi connectivity index (χ0) is 15.5. The SMILES string of the molecule is Cn1nc(C(=O)N2CCC(Oc3ccsc3)CC2)ccc1=O. The number of aromatic nitrogens is 2. The first-order valence-corrected chi connectivity index (χ1v) is 8.10. The van der Waals surface area contributed by atoms with Crippen molar-refractivity contribution < 1.29 is 9.53 Å². The molecule has 0 spiro atoms. The minimum absolute atomic E-state index is 0.135. The predicted octanol–water partition coefficient (Wildman–Crippen LogP) is 1.53. The summed E-state index contributed by atoms with van der Waals surface area (Å²) in [5, 5.41) is 7.97. The molecule has 0 aliphatic carbocycles. The van der Waals surface area contributed by atoms with E-state index in [2.05, 4.69) is 5.10 Å². The third kappa shape index (κ3) is 3.19. The number of ether oxygens (including phenoxy) is 1. The number of amides is 1. The number of likely N-dealkylation sites (tertiary alicyclic amines) is 1. The molecule has 3 rings (SSSR count). The van der Waals surface area contributed by atoms with Gasteiger partial charge in [0.15, 0.2) is 0 Å². The average Bonchev–Trinajstić information content (AvgIpc) is 3.03. The topological polar surface area (TPSA) is 64.4 Å². The maximum atomic E-state index is 12.4.